The molecule has 0 saturated heterocycles. The van der Waals surface area contributed by atoms with Crippen LogP contribution >= 0.6 is 15.9 Å². The predicted molar refractivity (Wildman–Crippen MR) is 106 cm³/mol. The van der Waals surface area contributed by atoms with E-state index in [-0.39, 0.29) is 5.97 Å². The molecule has 0 amide bonds. The van der Waals surface area contributed by atoms with E-state index in [2.05, 4.69) is 31.3 Å². The second-order valence-corrected chi connectivity index (χ2v) is 6.90. The fraction of sp³-hybridized carbons (Fsp3) is 0.150. The van der Waals surface area contributed by atoms with Crippen LogP contribution in [0.2, 0.25) is 0 Å². The number of ether oxygens (including phenoxy) is 1. The summed E-state index contributed by atoms with van der Waals surface area (Å²) >= 11 is 3.51. The SMILES string of the molecule is CCOC(=O)C1=C(c2ccccc2)Nc2ncnn2[C@@H]1c1cccc(Br)c1. The number of rotatable bonds is 4. The van der Waals surface area contributed by atoms with Crippen LogP contribution in [0.3, 0.4) is 0 Å². The van der Waals surface area contributed by atoms with Crippen molar-refractivity contribution in [3.8, 4) is 0 Å². The summed E-state index contributed by atoms with van der Waals surface area (Å²) in [5.41, 5.74) is 2.97. The third-order valence-corrected chi connectivity index (χ3v) is 4.81. The quantitative estimate of drug-likeness (QED) is 0.640. The summed E-state index contributed by atoms with van der Waals surface area (Å²) < 4.78 is 8.03. The molecule has 0 fully saturated rings. The van der Waals surface area contributed by atoms with Gasteiger partial charge in [0.15, 0.2) is 0 Å². The van der Waals surface area contributed by atoms with Crippen molar-refractivity contribution in [2.45, 2.75) is 13.0 Å². The molecule has 0 bridgehead atoms. The van der Waals surface area contributed by atoms with Crippen LogP contribution in [-0.4, -0.2) is 27.3 Å². The zero-order chi connectivity index (χ0) is 18.8. The number of aromatic nitrogens is 3. The molecule has 0 spiro atoms. The summed E-state index contributed by atoms with van der Waals surface area (Å²) in [4.78, 5) is 17.3. The summed E-state index contributed by atoms with van der Waals surface area (Å²) in [5, 5.41) is 7.60. The number of carbonyl (C=O) groups excluding carboxylic acids is 1. The molecule has 6 nitrogen and oxygen atoms in total. The topological polar surface area (TPSA) is 69.0 Å². The van der Waals surface area contributed by atoms with E-state index < -0.39 is 6.04 Å². The van der Waals surface area contributed by atoms with Crippen molar-refractivity contribution in [2.24, 2.45) is 0 Å². The van der Waals surface area contributed by atoms with Crippen LogP contribution in [0.15, 0.2) is 71.0 Å². The fourth-order valence-corrected chi connectivity index (χ4v) is 3.62. The summed E-state index contributed by atoms with van der Waals surface area (Å²) in [6, 6.07) is 17.1. The van der Waals surface area contributed by atoms with Crippen molar-refractivity contribution < 1.29 is 9.53 Å². The first-order valence-electron chi connectivity index (χ1n) is 8.57. The minimum atomic E-state index is -0.449. The van der Waals surface area contributed by atoms with E-state index in [1.165, 1.54) is 6.33 Å². The maximum Gasteiger partial charge on any atom is 0.338 e. The van der Waals surface area contributed by atoms with E-state index in [4.69, 9.17) is 4.74 Å². The Bertz CT molecular complexity index is 1010. The lowest BCUT2D eigenvalue weighted by Gasteiger charge is -2.29. The van der Waals surface area contributed by atoms with Gasteiger partial charge in [-0.3, -0.25) is 0 Å². The van der Waals surface area contributed by atoms with E-state index in [0.29, 0.717) is 23.8 Å². The average molecular weight is 425 g/mol. The van der Waals surface area contributed by atoms with Gasteiger partial charge in [0.05, 0.1) is 17.9 Å². The van der Waals surface area contributed by atoms with Gasteiger partial charge in [-0.25, -0.2) is 9.48 Å². The Morgan fingerprint density at radius 2 is 2.04 bits per heavy atom. The lowest BCUT2D eigenvalue weighted by atomic mass is 9.93. The second kappa shape index (κ2) is 7.36. The molecule has 1 aliphatic rings. The first-order chi connectivity index (χ1) is 13.2. The molecule has 1 N–H and O–H groups in total. The van der Waals surface area contributed by atoms with Gasteiger partial charge in [-0.05, 0) is 30.2 Å². The molecule has 1 atom stereocenters. The van der Waals surface area contributed by atoms with E-state index in [9.17, 15) is 4.79 Å². The van der Waals surface area contributed by atoms with Gasteiger partial charge in [0, 0.05) is 4.47 Å². The number of esters is 1. The number of carbonyl (C=O) groups is 1. The van der Waals surface area contributed by atoms with Gasteiger partial charge in [-0.2, -0.15) is 10.1 Å². The number of halogens is 1. The van der Waals surface area contributed by atoms with Crippen LogP contribution in [0.5, 0.6) is 0 Å². The zero-order valence-corrected chi connectivity index (χ0v) is 16.2. The number of nitrogens with one attached hydrogen (secondary N) is 1. The highest BCUT2D eigenvalue weighted by Crippen LogP contribution is 2.39. The summed E-state index contributed by atoms with van der Waals surface area (Å²) in [7, 11) is 0. The van der Waals surface area contributed by atoms with Crippen LogP contribution in [0.1, 0.15) is 24.1 Å². The standard InChI is InChI=1S/C20H17BrN4O2/c1-2-27-19(26)16-17(13-7-4-3-5-8-13)24-20-22-12-23-25(20)18(16)14-9-6-10-15(21)11-14/h3-12,18H,2H2,1H3,(H,22,23,24)/t18-/m1/s1. The zero-order valence-electron chi connectivity index (χ0n) is 14.6. The molecular weight excluding hydrogens is 408 g/mol. The van der Waals surface area contributed by atoms with Crippen LogP contribution in [-0.2, 0) is 9.53 Å². The van der Waals surface area contributed by atoms with E-state index in [1.54, 1.807) is 11.6 Å². The molecule has 7 heteroatoms. The number of hydrogen-bond donors (Lipinski definition) is 1. The molecule has 4 rings (SSSR count). The molecule has 2 heterocycles. The van der Waals surface area contributed by atoms with Crippen molar-refractivity contribution in [3.05, 3.63) is 82.1 Å². The average Bonchev–Trinajstić information content (AvgIpc) is 3.15. The second-order valence-electron chi connectivity index (χ2n) is 5.99. The van der Waals surface area contributed by atoms with Gasteiger partial charge in [0.25, 0.3) is 0 Å². The van der Waals surface area contributed by atoms with Crippen molar-refractivity contribution in [1.82, 2.24) is 14.8 Å². The summed E-state index contributed by atoms with van der Waals surface area (Å²) in [6.45, 7) is 2.09. The van der Waals surface area contributed by atoms with Crippen molar-refractivity contribution in [1.29, 1.82) is 0 Å². The Balaban J connectivity index is 1.97. The Hall–Kier alpha value is -2.93. The van der Waals surface area contributed by atoms with Gasteiger partial charge in [-0.1, -0.05) is 58.4 Å². The lowest BCUT2D eigenvalue weighted by Crippen LogP contribution is -2.30. The van der Waals surface area contributed by atoms with Crippen LogP contribution in [0.25, 0.3) is 5.70 Å². The van der Waals surface area contributed by atoms with Crippen LogP contribution in [0.4, 0.5) is 5.95 Å². The number of anilines is 1. The molecule has 2 aromatic carbocycles. The third-order valence-electron chi connectivity index (χ3n) is 4.32. The van der Waals surface area contributed by atoms with Crippen molar-refractivity contribution in [3.63, 3.8) is 0 Å². The summed E-state index contributed by atoms with van der Waals surface area (Å²) in [6.07, 6.45) is 1.48. The first kappa shape index (κ1) is 17.5. The van der Waals surface area contributed by atoms with Gasteiger partial charge >= 0.3 is 5.97 Å². The van der Waals surface area contributed by atoms with Crippen LogP contribution < -0.4 is 5.32 Å². The highest BCUT2D eigenvalue weighted by molar-refractivity contribution is 9.10. The van der Waals surface area contributed by atoms with Gasteiger partial charge in [0.1, 0.15) is 12.4 Å². The van der Waals surface area contributed by atoms with E-state index >= 15 is 0 Å². The van der Waals surface area contributed by atoms with Gasteiger partial charge in [0.2, 0.25) is 5.95 Å². The first-order valence-corrected chi connectivity index (χ1v) is 9.37. The van der Waals surface area contributed by atoms with E-state index in [0.717, 1.165) is 15.6 Å². The Morgan fingerprint density at radius 3 is 2.78 bits per heavy atom. The molecule has 1 aromatic heterocycles. The maximum absolute atomic E-state index is 13.0. The smallest absolute Gasteiger partial charge is 0.338 e. The number of nitrogens with zero attached hydrogens (tertiary/aromatic N) is 3. The monoisotopic (exact) mass is 424 g/mol. The Morgan fingerprint density at radius 1 is 1.22 bits per heavy atom. The number of benzene rings is 2. The number of fused-ring (bicyclic) bond motifs is 1. The molecule has 27 heavy (non-hydrogen) atoms. The fourth-order valence-electron chi connectivity index (χ4n) is 3.21. The third kappa shape index (κ3) is 3.26. The minimum absolute atomic E-state index is 0.291. The molecule has 0 unspecified atom stereocenters. The van der Waals surface area contributed by atoms with E-state index in [1.807, 2.05) is 54.6 Å². The van der Waals surface area contributed by atoms with Gasteiger partial charge in [-0.15, -0.1) is 0 Å². The van der Waals surface area contributed by atoms with Crippen molar-refractivity contribution in [2.75, 3.05) is 11.9 Å². The molecule has 1 aliphatic heterocycles. The summed E-state index contributed by atoms with van der Waals surface area (Å²) in [5.74, 6) is 0.196. The van der Waals surface area contributed by atoms with Crippen LogP contribution in [0, 0.1) is 0 Å². The van der Waals surface area contributed by atoms with Crippen molar-refractivity contribution >= 4 is 33.5 Å². The predicted octanol–water partition coefficient (Wildman–Crippen LogP) is 4.03. The molecule has 0 radical (unpaired) electrons. The molecular formula is C20H17BrN4O2. The Kier molecular flexibility index (Phi) is 4.77. The minimum Gasteiger partial charge on any atom is -0.463 e. The highest BCUT2D eigenvalue weighted by Gasteiger charge is 2.36. The number of hydrogen-bond acceptors (Lipinski definition) is 5. The molecule has 0 aliphatic carbocycles. The maximum atomic E-state index is 13.0. The molecule has 0 saturated carbocycles. The normalized spacial score (nSPS) is 15.9. The molecule has 136 valence electrons. The Labute approximate surface area is 165 Å². The molecule has 3 aromatic rings. The largest absolute Gasteiger partial charge is 0.463 e. The van der Waals surface area contributed by atoms with Gasteiger partial charge < -0.3 is 10.1 Å². The highest BCUT2D eigenvalue weighted by atomic mass is 79.9. The lowest BCUT2D eigenvalue weighted by molar-refractivity contribution is -0.138.